The Kier molecular flexibility index (Phi) is 6.39. The molecular formula is C16H24N2O2S. The first-order valence-electron chi connectivity index (χ1n) is 7.59. The fourth-order valence-electron chi connectivity index (χ4n) is 2.51. The monoisotopic (exact) mass is 308 g/mol. The third kappa shape index (κ3) is 5.59. The highest BCUT2D eigenvalue weighted by Gasteiger charge is 2.24. The van der Waals surface area contributed by atoms with Crippen LogP contribution in [-0.4, -0.2) is 35.1 Å². The number of rotatable bonds is 5. The van der Waals surface area contributed by atoms with Crippen LogP contribution in [0.4, 0.5) is 4.79 Å². The van der Waals surface area contributed by atoms with Crippen molar-refractivity contribution in [2.45, 2.75) is 54.9 Å². The van der Waals surface area contributed by atoms with Gasteiger partial charge in [0, 0.05) is 16.7 Å². The zero-order chi connectivity index (χ0) is 15.1. The second-order valence-corrected chi connectivity index (χ2v) is 7.07. The van der Waals surface area contributed by atoms with Gasteiger partial charge in [-0.15, -0.1) is 11.8 Å². The highest BCUT2D eigenvalue weighted by molar-refractivity contribution is 8.00. The summed E-state index contributed by atoms with van der Waals surface area (Å²) < 4.78 is 0. The number of amides is 2. The fraction of sp³-hybridized carbons (Fsp3) is 0.562. The zero-order valence-electron chi connectivity index (χ0n) is 12.4. The van der Waals surface area contributed by atoms with Crippen molar-refractivity contribution in [3.63, 3.8) is 0 Å². The van der Waals surface area contributed by atoms with Crippen molar-refractivity contribution in [1.82, 2.24) is 10.6 Å². The van der Waals surface area contributed by atoms with Gasteiger partial charge in [0.2, 0.25) is 0 Å². The average Bonchev–Trinajstić information content (AvgIpc) is 2.49. The molecule has 1 saturated carbocycles. The third-order valence-corrected chi connectivity index (χ3v) is 4.79. The standard InChI is InChI=1S/C16H24N2O2S/c1-12(21-13-7-3-2-4-8-13)11-17-16(20)18-14-9-5-6-10-15(14)19/h2-4,7-8,12,14-15,19H,5-6,9-11H2,1H3,(H2,17,18,20). The van der Waals surface area contributed by atoms with Crippen LogP contribution in [0.5, 0.6) is 0 Å². The topological polar surface area (TPSA) is 61.4 Å². The van der Waals surface area contributed by atoms with E-state index in [4.69, 9.17) is 0 Å². The molecule has 0 spiro atoms. The van der Waals surface area contributed by atoms with E-state index in [1.807, 2.05) is 18.2 Å². The van der Waals surface area contributed by atoms with Crippen LogP contribution in [-0.2, 0) is 0 Å². The summed E-state index contributed by atoms with van der Waals surface area (Å²) in [6.07, 6.45) is 3.36. The Hall–Kier alpha value is -1.20. The summed E-state index contributed by atoms with van der Waals surface area (Å²) in [4.78, 5) is 13.1. The maximum absolute atomic E-state index is 11.9. The Morgan fingerprint density at radius 1 is 1.33 bits per heavy atom. The van der Waals surface area contributed by atoms with Crippen molar-refractivity contribution in [3.05, 3.63) is 30.3 Å². The van der Waals surface area contributed by atoms with Crippen molar-refractivity contribution < 1.29 is 9.90 Å². The number of carbonyl (C=O) groups excluding carboxylic acids is 1. The molecule has 1 aliphatic carbocycles. The summed E-state index contributed by atoms with van der Waals surface area (Å²) in [5.74, 6) is 0. The lowest BCUT2D eigenvalue weighted by Gasteiger charge is -2.28. The van der Waals surface area contributed by atoms with Gasteiger partial charge in [-0.25, -0.2) is 4.79 Å². The first-order chi connectivity index (χ1) is 10.1. The van der Waals surface area contributed by atoms with Gasteiger partial charge in [-0.3, -0.25) is 0 Å². The van der Waals surface area contributed by atoms with Crippen molar-refractivity contribution in [2.24, 2.45) is 0 Å². The SMILES string of the molecule is CC(CNC(=O)NC1CCCCC1O)Sc1ccccc1. The number of hydrogen-bond donors (Lipinski definition) is 3. The normalized spacial score (nSPS) is 23.3. The molecule has 4 nitrogen and oxygen atoms in total. The molecule has 0 aromatic heterocycles. The molecule has 1 aliphatic rings. The van der Waals surface area contributed by atoms with Crippen LogP contribution in [0, 0.1) is 0 Å². The number of hydrogen-bond acceptors (Lipinski definition) is 3. The van der Waals surface area contributed by atoms with Crippen LogP contribution in [0.3, 0.4) is 0 Å². The van der Waals surface area contributed by atoms with E-state index in [1.165, 1.54) is 4.90 Å². The molecule has 1 aromatic carbocycles. The van der Waals surface area contributed by atoms with Crippen LogP contribution < -0.4 is 10.6 Å². The first-order valence-corrected chi connectivity index (χ1v) is 8.47. The van der Waals surface area contributed by atoms with Crippen LogP contribution >= 0.6 is 11.8 Å². The van der Waals surface area contributed by atoms with Crippen LogP contribution in [0.15, 0.2) is 35.2 Å². The maximum Gasteiger partial charge on any atom is 0.315 e. The van der Waals surface area contributed by atoms with E-state index in [-0.39, 0.29) is 12.1 Å². The summed E-state index contributed by atoms with van der Waals surface area (Å²) in [6, 6.07) is 9.88. The van der Waals surface area contributed by atoms with Gasteiger partial charge in [-0.2, -0.15) is 0 Å². The molecular weight excluding hydrogens is 284 g/mol. The molecule has 0 saturated heterocycles. The number of benzene rings is 1. The first kappa shape index (κ1) is 16.2. The predicted molar refractivity (Wildman–Crippen MR) is 86.6 cm³/mol. The second-order valence-electron chi connectivity index (χ2n) is 5.55. The van der Waals surface area contributed by atoms with E-state index < -0.39 is 6.10 Å². The van der Waals surface area contributed by atoms with Crippen molar-refractivity contribution >= 4 is 17.8 Å². The Morgan fingerprint density at radius 3 is 2.76 bits per heavy atom. The number of thioether (sulfide) groups is 1. The predicted octanol–water partition coefficient (Wildman–Crippen LogP) is 2.77. The highest BCUT2D eigenvalue weighted by Crippen LogP contribution is 2.22. The number of carbonyl (C=O) groups is 1. The van der Waals surface area contributed by atoms with Gasteiger partial charge in [0.15, 0.2) is 0 Å². The lowest BCUT2D eigenvalue weighted by Crippen LogP contribution is -2.49. The minimum absolute atomic E-state index is 0.101. The van der Waals surface area contributed by atoms with E-state index >= 15 is 0 Å². The molecule has 0 heterocycles. The van der Waals surface area contributed by atoms with E-state index in [0.717, 1.165) is 25.7 Å². The smallest absolute Gasteiger partial charge is 0.315 e. The molecule has 5 heteroatoms. The zero-order valence-corrected chi connectivity index (χ0v) is 13.2. The number of urea groups is 1. The van der Waals surface area contributed by atoms with Crippen molar-refractivity contribution in [1.29, 1.82) is 0 Å². The minimum atomic E-state index is -0.402. The Bertz CT molecular complexity index is 441. The van der Waals surface area contributed by atoms with E-state index in [9.17, 15) is 9.90 Å². The molecule has 21 heavy (non-hydrogen) atoms. The average molecular weight is 308 g/mol. The molecule has 2 rings (SSSR count). The lowest BCUT2D eigenvalue weighted by atomic mass is 9.93. The molecule has 0 bridgehead atoms. The van der Waals surface area contributed by atoms with E-state index in [1.54, 1.807) is 11.8 Å². The Labute approximate surface area is 130 Å². The van der Waals surface area contributed by atoms with E-state index in [2.05, 4.69) is 29.7 Å². The number of aliphatic hydroxyl groups excluding tert-OH is 1. The Morgan fingerprint density at radius 2 is 2.05 bits per heavy atom. The third-order valence-electron chi connectivity index (χ3n) is 3.68. The van der Waals surface area contributed by atoms with Crippen LogP contribution in [0.1, 0.15) is 32.6 Å². The molecule has 1 fully saturated rings. The largest absolute Gasteiger partial charge is 0.391 e. The highest BCUT2D eigenvalue weighted by atomic mass is 32.2. The number of nitrogens with one attached hydrogen (secondary N) is 2. The molecule has 1 aromatic rings. The minimum Gasteiger partial charge on any atom is -0.391 e. The van der Waals surface area contributed by atoms with Crippen LogP contribution in [0.25, 0.3) is 0 Å². The molecule has 3 unspecified atom stereocenters. The van der Waals surface area contributed by atoms with Gasteiger partial charge in [0.05, 0.1) is 12.1 Å². The lowest BCUT2D eigenvalue weighted by molar-refractivity contribution is 0.0943. The maximum atomic E-state index is 11.9. The molecule has 0 aliphatic heterocycles. The Balaban J connectivity index is 1.68. The molecule has 3 N–H and O–H groups in total. The van der Waals surface area contributed by atoms with Crippen molar-refractivity contribution in [2.75, 3.05) is 6.54 Å². The summed E-state index contributed by atoms with van der Waals surface area (Å²) in [7, 11) is 0. The molecule has 3 atom stereocenters. The summed E-state index contributed by atoms with van der Waals surface area (Å²) in [5.41, 5.74) is 0. The summed E-state index contributed by atoms with van der Waals surface area (Å²) in [5, 5.41) is 15.9. The molecule has 2 amide bonds. The van der Waals surface area contributed by atoms with E-state index in [0.29, 0.717) is 11.8 Å². The fourth-order valence-corrected chi connectivity index (χ4v) is 3.45. The molecule has 116 valence electrons. The van der Waals surface area contributed by atoms with Gasteiger partial charge in [-0.1, -0.05) is 38.0 Å². The number of aliphatic hydroxyl groups is 1. The quantitative estimate of drug-likeness (QED) is 0.733. The molecule has 0 radical (unpaired) electrons. The van der Waals surface area contributed by atoms with Gasteiger partial charge >= 0.3 is 6.03 Å². The second kappa shape index (κ2) is 8.29. The van der Waals surface area contributed by atoms with Gasteiger partial charge < -0.3 is 15.7 Å². The summed E-state index contributed by atoms with van der Waals surface area (Å²) in [6.45, 7) is 2.70. The van der Waals surface area contributed by atoms with Crippen molar-refractivity contribution in [3.8, 4) is 0 Å². The van der Waals surface area contributed by atoms with Gasteiger partial charge in [0.1, 0.15) is 0 Å². The van der Waals surface area contributed by atoms with Crippen LogP contribution in [0.2, 0.25) is 0 Å². The van der Waals surface area contributed by atoms with Gasteiger partial charge in [-0.05, 0) is 25.0 Å². The summed E-state index contributed by atoms with van der Waals surface area (Å²) >= 11 is 1.74. The van der Waals surface area contributed by atoms with Gasteiger partial charge in [0.25, 0.3) is 0 Å².